The molecule has 0 fully saturated rings. The highest BCUT2D eigenvalue weighted by Crippen LogP contribution is 2.29. The van der Waals surface area contributed by atoms with Crippen LogP contribution in [0.1, 0.15) is 5.69 Å². The van der Waals surface area contributed by atoms with Gasteiger partial charge in [0.15, 0.2) is 11.6 Å². The average molecular weight is 366 g/mol. The molecule has 0 aliphatic carbocycles. The summed E-state index contributed by atoms with van der Waals surface area (Å²) in [5.74, 6) is -0.315. The third-order valence-electron chi connectivity index (χ3n) is 3.19. The van der Waals surface area contributed by atoms with Crippen molar-refractivity contribution in [2.45, 2.75) is 11.2 Å². The molecule has 0 aliphatic rings. The maximum atomic E-state index is 13.1. The van der Waals surface area contributed by atoms with Gasteiger partial charge in [0.2, 0.25) is 0 Å². The zero-order valence-corrected chi connectivity index (χ0v) is 13.6. The fourth-order valence-corrected chi connectivity index (χ4v) is 2.42. The third-order valence-corrected chi connectivity index (χ3v) is 3.82. The summed E-state index contributed by atoms with van der Waals surface area (Å²) >= 11 is 1.30. The number of alkyl halides is 3. The van der Waals surface area contributed by atoms with E-state index >= 15 is 0 Å². The molecule has 4 nitrogen and oxygen atoms in total. The lowest BCUT2D eigenvalue weighted by atomic mass is 10.2. The quantitative estimate of drug-likeness (QED) is 0.389. The molecule has 25 heavy (non-hydrogen) atoms. The zero-order chi connectivity index (χ0) is 18.0. The van der Waals surface area contributed by atoms with Gasteiger partial charge in [-0.2, -0.15) is 13.2 Å². The molecule has 3 rings (SSSR count). The molecule has 128 valence electrons. The van der Waals surface area contributed by atoms with Crippen molar-refractivity contribution in [3.63, 3.8) is 0 Å². The third kappa shape index (κ3) is 3.93. The second-order valence-electron chi connectivity index (χ2n) is 4.89. The lowest BCUT2D eigenvalue weighted by Gasteiger charge is -2.09. The highest BCUT2D eigenvalue weighted by atomic mass is 32.2. The van der Waals surface area contributed by atoms with E-state index in [1.807, 2.05) is 0 Å². The number of hydrogen-bond acceptors (Lipinski definition) is 5. The van der Waals surface area contributed by atoms with Gasteiger partial charge >= 0.3 is 6.18 Å². The zero-order valence-electron chi connectivity index (χ0n) is 12.8. The van der Waals surface area contributed by atoms with Crippen LogP contribution in [0.15, 0.2) is 47.6 Å². The Bertz CT molecular complexity index is 897. The molecule has 0 amide bonds. The Morgan fingerprint density at radius 2 is 1.64 bits per heavy atom. The molecule has 2 heterocycles. The predicted octanol–water partition coefficient (Wildman–Crippen LogP) is 4.48. The van der Waals surface area contributed by atoms with E-state index in [-0.39, 0.29) is 17.3 Å². The Morgan fingerprint density at radius 1 is 0.920 bits per heavy atom. The summed E-state index contributed by atoms with van der Waals surface area (Å²) in [6, 6.07) is 7.79. The first-order chi connectivity index (χ1) is 11.9. The molecule has 0 atom stereocenters. The molecule has 0 saturated heterocycles. The van der Waals surface area contributed by atoms with Crippen molar-refractivity contribution >= 4 is 11.8 Å². The molecule has 1 aromatic carbocycles. The molecule has 0 bridgehead atoms. The van der Waals surface area contributed by atoms with Crippen molar-refractivity contribution < 1.29 is 17.6 Å². The van der Waals surface area contributed by atoms with E-state index in [1.54, 1.807) is 6.26 Å². The molecule has 9 heteroatoms. The van der Waals surface area contributed by atoms with Crippen molar-refractivity contribution in [1.29, 1.82) is 0 Å². The van der Waals surface area contributed by atoms with Gasteiger partial charge in [0.1, 0.15) is 22.2 Å². The van der Waals surface area contributed by atoms with Gasteiger partial charge in [0, 0.05) is 17.8 Å². The lowest BCUT2D eigenvalue weighted by Crippen LogP contribution is -2.09. The number of hydrogen-bond donors (Lipinski definition) is 0. The van der Waals surface area contributed by atoms with Gasteiger partial charge in [-0.15, -0.1) is 11.8 Å². The second-order valence-corrected chi connectivity index (χ2v) is 5.72. The van der Waals surface area contributed by atoms with E-state index in [9.17, 15) is 17.6 Å². The largest absolute Gasteiger partial charge is 0.433 e. The average Bonchev–Trinajstić information content (AvgIpc) is 2.61. The number of rotatable bonds is 3. The number of benzene rings is 1. The van der Waals surface area contributed by atoms with Crippen LogP contribution in [0.5, 0.6) is 0 Å². The Balaban J connectivity index is 2.11. The van der Waals surface area contributed by atoms with Gasteiger partial charge < -0.3 is 0 Å². The van der Waals surface area contributed by atoms with Crippen LogP contribution in [-0.4, -0.2) is 26.2 Å². The minimum Gasteiger partial charge on any atom is -0.235 e. The summed E-state index contributed by atoms with van der Waals surface area (Å²) in [6.07, 6.45) is -1.77. The standard InChI is InChI=1S/C16H10F4N4S/c1-25-13-8-11(15-21-7-6-12(23-15)16(18,19)20)22-14(24-13)9-2-4-10(17)5-3-9/h2-8H,1H3. The number of aromatic nitrogens is 4. The van der Waals surface area contributed by atoms with Crippen molar-refractivity contribution in [2.75, 3.05) is 6.26 Å². The molecule has 2 aromatic heterocycles. The molecular formula is C16H10F4N4S. The van der Waals surface area contributed by atoms with Crippen LogP contribution < -0.4 is 0 Å². The van der Waals surface area contributed by atoms with E-state index in [4.69, 9.17) is 0 Å². The molecule has 0 unspecified atom stereocenters. The van der Waals surface area contributed by atoms with Crippen LogP contribution in [0.25, 0.3) is 22.9 Å². The van der Waals surface area contributed by atoms with E-state index < -0.39 is 17.7 Å². The fraction of sp³-hybridized carbons (Fsp3) is 0.125. The van der Waals surface area contributed by atoms with E-state index in [0.717, 1.165) is 12.3 Å². The molecule has 0 radical (unpaired) electrons. The molecule has 0 spiro atoms. The summed E-state index contributed by atoms with van der Waals surface area (Å²) in [5, 5.41) is 0.533. The molecular weight excluding hydrogens is 356 g/mol. The van der Waals surface area contributed by atoms with Gasteiger partial charge in [0.25, 0.3) is 0 Å². The summed E-state index contributed by atoms with van der Waals surface area (Å²) in [4.78, 5) is 16.0. The molecule has 0 N–H and O–H groups in total. The Hall–Kier alpha value is -2.55. The van der Waals surface area contributed by atoms with Gasteiger partial charge in [0.05, 0.1) is 0 Å². The number of halogens is 4. The van der Waals surface area contributed by atoms with Crippen LogP contribution in [0.3, 0.4) is 0 Å². The predicted molar refractivity (Wildman–Crippen MR) is 85.2 cm³/mol. The number of thioether (sulfide) groups is 1. The van der Waals surface area contributed by atoms with E-state index in [1.165, 1.54) is 42.1 Å². The summed E-state index contributed by atoms with van der Waals surface area (Å²) < 4.78 is 51.6. The maximum absolute atomic E-state index is 13.1. The summed E-state index contributed by atoms with van der Waals surface area (Å²) in [7, 11) is 0. The Labute approximate surface area is 144 Å². The topological polar surface area (TPSA) is 51.6 Å². The SMILES string of the molecule is CSc1cc(-c2nccc(C(F)(F)F)n2)nc(-c2ccc(F)cc2)n1. The summed E-state index contributed by atoms with van der Waals surface area (Å²) in [5.41, 5.74) is -0.361. The first-order valence-corrected chi connectivity index (χ1v) is 8.19. The van der Waals surface area contributed by atoms with Gasteiger partial charge in [-0.1, -0.05) is 0 Å². The van der Waals surface area contributed by atoms with Crippen LogP contribution in [-0.2, 0) is 6.18 Å². The number of nitrogens with zero attached hydrogens (tertiary/aromatic N) is 4. The summed E-state index contributed by atoms with van der Waals surface area (Å²) in [6.45, 7) is 0. The van der Waals surface area contributed by atoms with Gasteiger partial charge in [-0.3, -0.25) is 0 Å². The Morgan fingerprint density at radius 3 is 2.28 bits per heavy atom. The molecule has 0 saturated carbocycles. The van der Waals surface area contributed by atoms with Crippen molar-refractivity contribution in [3.8, 4) is 22.9 Å². The molecule has 3 aromatic rings. The molecule has 0 aliphatic heterocycles. The van der Waals surface area contributed by atoms with Crippen molar-refractivity contribution in [3.05, 3.63) is 54.1 Å². The van der Waals surface area contributed by atoms with Crippen LogP contribution in [0.2, 0.25) is 0 Å². The van der Waals surface area contributed by atoms with Crippen LogP contribution >= 0.6 is 11.8 Å². The minimum absolute atomic E-state index is 0.157. The normalized spacial score (nSPS) is 11.6. The van der Waals surface area contributed by atoms with E-state index in [0.29, 0.717) is 10.6 Å². The van der Waals surface area contributed by atoms with E-state index in [2.05, 4.69) is 19.9 Å². The highest BCUT2D eigenvalue weighted by molar-refractivity contribution is 7.98. The van der Waals surface area contributed by atoms with Crippen LogP contribution in [0.4, 0.5) is 17.6 Å². The monoisotopic (exact) mass is 366 g/mol. The first kappa shape index (κ1) is 17.3. The minimum atomic E-state index is -4.58. The van der Waals surface area contributed by atoms with Gasteiger partial charge in [-0.05, 0) is 36.6 Å². The smallest absolute Gasteiger partial charge is 0.235 e. The Kier molecular flexibility index (Phi) is 4.67. The fourth-order valence-electron chi connectivity index (χ4n) is 2.01. The van der Waals surface area contributed by atoms with Crippen molar-refractivity contribution in [2.24, 2.45) is 0 Å². The lowest BCUT2D eigenvalue weighted by molar-refractivity contribution is -0.141. The van der Waals surface area contributed by atoms with Crippen molar-refractivity contribution in [1.82, 2.24) is 19.9 Å². The van der Waals surface area contributed by atoms with Crippen LogP contribution in [0, 0.1) is 5.82 Å². The van der Waals surface area contributed by atoms with Gasteiger partial charge in [-0.25, -0.2) is 24.3 Å². The maximum Gasteiger partial charge on any atom is 0.433 e. The highest BCUT2D eigenvalue weighted by Gasteiger charge is 2.33. The first-order valence-electron chi connectivity index (χ1n) is 6.96. The second kappa shape index (κ2) is 6.75.